The average molecular weight is 205 g/mol. The van der Waals surface area contributed by atoms with Gasteiger partial charge in [-0.25, -0.2) is 0 Å². The fourth-order valence-corrected chi connectivity index (χ4v) is 1.41. The molecule has 0 fully saturated rings. The monoisotopic (exact) mass is 205 g/mol. The molecular formula is C12H15NO2. The third-order valence-electron chi connectivity index (χ3n) is 2.50. The molecule has 0 amide bonds. The second-order valence-electron chi connectivity index (χ2n) is 3.57. The van der Waals surface area contributed by atoms with Gasteiger partial charge < -0.3 is 0 Å². The zero-order valence-corrected chi connectivity index (χ0v) is 9.06. The lowest BCUT2D eigenvalue weighted by molar-refractivity contribution is -0.385. The van der Waals surface area contributed by atoms with Crippen LogP contribution in [0.1, 0.15) is 30.9 Å². The molecule has 0 radical (unpaired) electrons. The predicted octanol–water partition coefficient (Wildman–Crippen LogP) is 3.45. The predicted molar refractivity (Wildman–Crippen MR) is 61.1 cm³/mol. The van der Waals surface area contributed by atoms with Gasteiger partial charge in [-0.1, -0.05) is 26.0 Å². The number of non-ortho nitro benzene ring substituents is 1. The van der Waals surface area contributed by atoms with E-state index >= 15 is 0 Å². The lowest BCUT2D eigenvalue weighted by Gasteiger charge is -2.08. The molecule has 0 saturated heterocycles. The molecule has 80 valence electrons. The van der Waals surface area contributed by atoms with Gasteiger partial charge >= 0.3 is 0 Å². The van der Waals surface area contributed by atoms with Crippen molar-refractivity contribution in [2.45, 2.75) is 26.2 Å². The van der Waals surface area contributed by atoms with Crippen molar-refractivity contribution in [3.63, 3.8) is 0 Å². The van der Waals surface area contributed by atoms with Crippen LogP contribution < -0.4 is 0 Å². The third kappa shape index (κ3) is 2.65. The van der Waals surface area contributed by atoms with Crippen LogP contribution in [0.25, 0.3) is 0 Å². The van der Waals surface area contributed by atoms with Crippen LogP contribution in [0.3, 0.4) is 0 Å². The highest BCUT2D eigenvalue weighted by Gasteiger charge is 2.11. The topological polar surface area (TPSA) is 43.1 Å². The van der Waals surface area contributed by atoms with Gasteiger partial charge in [0.15, 0.2) is 0 Å². The zero-order chi connectivity index (χ0) is 11.4. The van der Waals surface area contributed by atoms with Gasteiger partial charge in [0.05, 0.1) is 4.92 Å². The number of nitro groups is 1. The Kier molecular flexibility index (Phi) is 3.61. The van der Waals surface area contributed by atoms with Crippen molar-refractivity contribution >= 4 is 5.69 Å². The standard InChI is InChI=1S/C12H15NO2/c1-4-9(3)11-6-10(5-2)7-12(8-11)13(14)15/h4,6-9H,1,5H2,2-3H3. The van der Waals surface area contributed by atoms with Crippen molar-refractivity contribution in [1.82, 2.24) is 0 Å². The Bertz CT molecular complexity index is 385. The van der Waals surface area contributed by atoms with Crippen LogP contribution in [-0.4, -0.2) is 4.92 Å². The Morgan fingerprint density at radius 2 is 2.20 bits per heavy atom. The molecule has 0 aliphatic carbocycles. The molecule has 0 spiro atoms. The normalized spacial score (nSPS) is 12.1. The molecule has 0 heterocycles. The molecule has 0 N–H and O–H groups in total. The summed E-state index contributed by atoms with van der Waals surface area (Å²) in [5, 5.41) is 10.7. The van der Waals surface area contributed by atoms with Gasteiger partial charge in [-0.15, -0.1) is 6.58 Å². The molecule has 3 heteroatoms. The van der Waals surface area contributed by atoms with E-state index in [1.54, 1.807) is 18.2 Å². The first-order valence-electron chi connectivity index (χ1n) is 4.99. The van der Waals surface area contributed by atoms with E-state index < -0.39 is 0 Å². The summed E-state index contributed by atoms with van der Waals surface area (Å²) >= 11 is 0. The van der Waals surface area contributed by atoms with Gasteiger partial charge in [0.25, 0.3) is 5.69 Å². The largest absolute Gasteiger partial charge is 0.269 e. The maximum atomic E-state index is 10.7. The van der Waals surface area contributed by atoms with Crippen molar-refractivity contribution in [3.05, 3.63) is 52.1 Å². The summed E-state index contributed by atoms with van der Waals surface area (Å²) in [5.41, 5.74) is 2.11. The van der Waals surface area contributed by atoms with Crippen molar-refractivity contribution in [2.75, 3.05) is 0 Å². The quantitative estimate of drug-likeness (QED) is 0.429. The van der Waals surface area contributed by atoms with Gasteiger partial charge in [-0.2, -0.15) is 0 Å². The van der Waals surface area contributed by atoms with Crippen LogP contribution in [0.4, 0.5) is 5.69 Å². The molecule has 1 aromatic rings. The fourth-order valence-electron chi connectivity index (χ4n) is 1.41. The Balaban J connectivity index is 3.22. The first kappa shape index (κ1) is 11.4. The Morgan fingerprint density at radius 1 is 1.53 bits per heavy atom. The summed E-state index contributed by atoms with van der Waals surface area (Å²) in [5.74, 6) is 0.148. The lowest BCUT2D eigenvalue weighted by Crippen LogP contribution is -1.96. The minimum atomic E-state index is -0.349. The highest BCUT2D eigenvalue weighted by Crippen LogP contribution is 2.24. The third-order valence-corrected chi connectivity index (χ3v) is 2.50. The molecule has 0 bridgehead atoms. The summed E-state index contributed by atoms with van der Waals surface area (Å²) in [4.78, 5) is 10.4. The molecule has 0 aromatic heterocycles. The second-order valence-corrected chi connectivity index (χ2v) is 3.57. The number of allylic oxidation sites excluding steroid dienone is 1. The van der Waals surface area contributed by atoms with Gasteiger partial charge in [0.1, 0.15) is 0 Å². The van der Waals surface area contributed by atoms with Crippen LogP contribution in [-0.2, 0) is 6.42 Å². The van der Waals surface area contributed by atoms with E-state index in [1.807, 2.05) is 19.9 Å². The van der Waals surface area contributed by atoms with Crippen molar-refractivity contribution in [1.29, 1.82) is 0 Å². The summed E-state index contributed by atoms with van der Waals surface area (Å²) in [6, 6.07) is 5.24. The van der Waals surface area contributed by atoms with Crippen LogP contribution in [0.15, 0.2) is 30.9 Å². The zero-order valence-electron chi connectivity index (χ0n) is 9.06. The number of aryl methyl sites for hydroxylation is 1. The van der Waals surface area contributed by atoms with Crippen LogP contribution in [0.2, 0.25) is 0 Å². The van der Waals surface area contributed by atoms with E-state index in [4.69, 9.17) is 0 Å². The van der Waals surface area contributed by atoms with E-state index in [9.17, 15) is 10.1 Å². The second kappa shape index (κ2) is 4.73. The molecule has 0 aliphatic rings. The van der Waals surface area contributed by atoms with Gasteiger partial charge in [-0.05, 0) is 23.5 Å². The number of benzene rings is 1. The van der Waals surface area contributed by atoms with Crippen LogP contribution in [0, 0.1) is 10.1 Å². The van der Waals surface area contributed by atoms with E-state index in [-0.39, 0.29) is 16.5 Å². The Morgan fingerprint density at radius 3 is 2.67 bits per heavy atom. The van der Waals surface area contributed by atoms with Gasteiger partial charge in [0, 0.05) is 12.1 Å². The summed E-state index contributed by atoms with van der Waals surface area (Å²) in [7, 11) is 0. The molecule has 1 aromatic carbocycles. The number of hydrogen-bond donors (Lipinski definition) is 0. The highest BCUT2D eigenvalue weighted by molar-refractivity contribution is 5.41. The van der Waals surface area contributed by atoms with E-state index in [1.165, 1.54) is 0 Å². The van der Waals surface area contributed by atoms with E-state index in [0.717, 1.165) is 17.5 Å². The minimum absolute atomic E-state index is 0.148. The average Bonchev–Trinajstić information content (AvgIpc) is 2.27. The molecule has 0 saturated carbocycles. The number of hydrogen-bond acceptors (Lipinski definition) is 2. The first-order valence-corrected chi connectivity index (χ1v) is 4.99. The van der Waals surface area contributed by atoms with E-state index in [2.05, 4.69) is 6.58 Å². The molecule has 1 atom stereocenters. The summed E-state index contributed by atoms with van der Waals surface area (Å²) < 4.78 is 0. The fraction of sp³-hybridized carbons (Fsp3) is 0.333. The Hall–Kier alpha value is -1.64. The van der Waals surface area contributed by atoms with Gasteiger partial charge in [-0.3, -0.25) is 10.1 Å². The summed E-state index contributed by atoms with van der Waals surface area (Å²) in [6.07, 6.45) is 2.59. The molecule has 15 heavy (non-hydrogen) atoms. The smallest absolute Gasteiger partial charge is 0.258 e. The highest BCUT2D eigenvalue weighted by atomic mass is 16.6. The van der Waals surface area contributed by atoms with Crippen LogP contribution >= 0.6 is 0 Å². The molecule has 1 rings (SSSR count). The SMILES string of the molecule is C=CC(C)c1cc(CC)cc([N+](=O)[O-])c1. The molecule has 1 unspecified atom stereocenters. The summed E-state index contributed by atoms with van der Waals surface area (Å²) in [6.45, 7) is 7.66. The van der Waals surface area contributed by atoms with Gasteiger partial charge in [0.2, 0.25) is 0 Å². The van der Waals surface area contributed by atoms with Crippen molar-refractivity contribution in [3.8, 4) is 0 Å². The minimum Gasteiger partial charge on any atom is -0.258 e. The Labute approximate surface area is 89.6 Å². The number of nitro benzene ring substituents is 1. The lowest BCUT2D eigenvalue weighted by atomic mass is 9.97. The van der Waals surface area contributed by atoms with Crippen molar-refractivity contribution < 1.29 is 4.92 Å². The number of rotatable bonds is 4. The molecule has 3 nitrogen and oxygen atoms in total. The number of nitrogens with zero attached hydrogens (tertiary/aromatic N) is 1. The maximum absolute atomic E-state index is 10.7. The molecule has 0 aliphatic heterocycles. The maximum Gasteiger partial charge on any atom is 0.269 e. The molecular weight excluding hydrogens is 190 g/mol. The van der Waals surface area contributed by atoms with Crippen LogP contribution in [0.5, 0.6) is 0 Å². The van der Waals surface area contributed by atoms with Crippen molar-refractivity contribution in [2.24, 2.45) is 0 Å². The van der Waals surface area contributed by atoms with E-state index in [0.29, 0.717) is 0 Å². The first-order chi connectivity index (χ1) is 7.08.